The molecule has 0 heterocycles. The van der Waals surface area contributed by atoms with Gasteiger partial charge in [-0.05, 0) is 25.0 Å². The van der Waals surface area contributed by atoms with Crippen molar-refractivity contribution in [2.45, 2.75) is 38.1 Å². The number of para-hydroxylation sites is 2. The number of hydrogen-bond donors (Lipinski definition) is 1. The zero-order valence-electron chi connectivity index (χ0n) is 10.7. The molecule has 1 fully saturated rings. The Morgan fingerprint density at radius 2 is 1.78 bits per heavy atom. The van der Waals surface area contributed by atoms with Crippen LogP contribution >= 0.6 is 0 Å². The zero-order chi connectivity index (χ0) is 13.2. The van der Waals surface area contributed by atoms with Crippen molar-refractivity contribution in [1.29, 1.82) is 0 Å². The van der Waals surface area contributed by atoms with Crippen LogP contribution in [0.5, 0.6) is 0 Å². The van der Waals surface area contributed by atoms with E-state index >= 15 is 0 Å². The van der Waals surface area contributed by atoms with Gasteiger partial charge in [-0.15, -0.1) is 0 Å². The van der Waals surface area contributed by atoms with Crippen LogP contribution in [0.2, 0.25) is 0 Å². The number of anilines is 2. The lowest BCUT2D eigenvalue weighted by molar-refractivity contribution is 0.439. The first-order valence-corrected chi connectivity index (χ1v) is 8.19. The first kappa shape index (κ1) is 13.2. The van der Waals surface area contributed by atoms with Crippen molar-refractivity contribution < 1.29 is 8.42 Å². The lowest BCUT2D eigenvalue weighted by Crippen LogP contribution is -2.41. The minimum absolute atomic E-state index is 0.0541. The third-order valence-electron chi connectivity index (χ3n) is 3.44. The van der Waals surface area contributed by atoms with Gasteiger partial charge in [0.15, 0.2) is 0 Å². The Balaban J connectivity index is 2.40. The van der Waals surface area contributed by atoms with E-state index in [1.807, 2.05) is 12.1 Å². The summed E-state index contributed by atoms with van der Waals surface area (Å²) >= 11 is 0. The number of sulfonamides is 1. The minimum Gasteiger partial charge on any atom is -0.397 e. The fourth-order valence-corrected chi connectivity index (χ4v) is 3.93. The van der Waals surface area contributed by atoms with Gasteiger partial charge in [-0.25, -0.2) is 8.42 Å². The average Bonchev–Trinajstić information content (AvgIpc) is 2.32. The molecule has 100 valence electrons. The largest absolute Gasteiger partial charge is 0.397 e. The number of benzene rings is 1. The summed E-state index contributed by atoms with van der Waals surface area (Å²) in [5.41, 5.74) is 7.06. The molecule has 1 aromatic rings. The lowest BCUT2D eigenvalue weighted by Gasteiger charge is -2.34. The van der Waals surface area contributed by atoms with E-state index in [9.17, 15) is 8.42 Å². The second-order valence-electron chi connectivity index (χ2n) is 4.91. The molecule has 18 heavy (non-hydrogen) atoms. The molecule has 0 bridgehead atoms. The molecule has 1 aliphatic rings. The summed E-state index contributed by atoms with van der Waals surface area (Å²) in [6, 6.07) is 7.23. The molecular weight excluding hydrogens is 248 g/mol. The Morgan fingerprint density at radius 1 is 1.17 bits per heavy atom. The first-order chi connectivity index (χ1) is 8.50. The van der Waals surface area contributed by atoms with E-state index in [0.717, 1.165) is 25.7 Å². The van der Waals surface area contributed by atoms with E-state index in [1.54, 1.807) is 12.1 Å². The number of nitrogens with zero attached hydrogens (tertiary/aromatic N) is 1. The van der Waals surface area contributed by atoms with Gasteiger partial charge < -0.3 is 5.73 Å². The molecule has 0 unspecified atom stereocenters. The van der Waals surface area contributed by atoms with Gasteiger partial charge in [0.1, 0.15) is 0 Å². The standard InChI is InChI=1S/C13H20N2O2S/c1-18(16,17)15(11-7-3-2-4-8-11)13-10-6-5-9-12(13)14/h5-6,9-11H,2-4,7-8,14H2,1H3. The van der Waals surface area contributed by atoms with Gasteiger partial charge in [0.25, 0.3) is 0 Å². The van der Waals surface area contributed by atoms with Gasteiger partial charge in [-0.3, -0.25) is 4.31 Å². The minimum atomic E-state index is -3.29. The number of hydrogen-bond acceptors (Lipinski definition) is 3. The highest BCUT2D eigenvalue weighted by molar-refractivity contribution is 7.92. The van der Waals surface area contributed by atoms with Crippen molar-refractivity contribution in [2.24, 2.45) is 0 Å². The summed E-state index contributed by atoms with van der Waals surface area (Å²) in [6.07, 6.45) is 6.46. The summed E-state index contributed by atoms with van der Waals surface area (Å²) in [5.74, 6) is 0. The van der Waals surface area contributed by atoms with E-state index in [0.29, 0.717) is 11.4 Å². The highest BCUT2D eigenvalue weighted by atomic mass is 32.2. The molecule has 1 aromatic carbocycles. The summed E-state index contributed by atoms with van der Waals surface area (Å²) in [4.78, 5) is 0. The van der Waals surface area contributed by atoms with E-state index < -0.39 is 10.0 Å². The van der Waals surface area contributed by atoms with Crippen molar-refractivity contribution in [2.75, 3.05) is 16.3 Å². The van der Waals surface area contributed by atoms with Gasteiger partial charge in [0, 0.05) is 6.04 Å². The second-order valence-corrected chi connectivity index (χ2v) is 6.77. The van der Waals surface area contributed by atoms with Crippen LogP contribution < -0.4 is 10.0 Å². The van der Waals surface area contributed by atoms with Crippen molar-refractivity contribution >= 4 is 21.4 Å². The van der Waals surface area contributed by atoms with Gasteiger partial charge >= 0.3 is 0 Å². The molecule has 2 rings (SSSR count). The Kier molecular flexibility index (Phi) is 3.80. The highest BCUT2D eigenvalue weighted by Crippen LogP contribution is 2.32. The predicted octanol–water partition coefficient (Wildman–Crippen LogP) is 2.37. The van der Waals surface area contributed by atoms with Gasteiger partial charge in [-0.2, -0.15) is 0 Å². The predicted molar refractivity (Wildman–Crippen MR) is 75.1 cm³/mol. The lowest BCUT2D eigenvalue weighted by atomic mass is 9.95. The molecule has 2 N–H and O–H groups in total. The summed E-state index contributed by atoms with van der Waals surface area (Å²) < 4.78 is 25.6. The van der Waals surface area contributed by atoms with Gasteiger partial charge in [-0.1, -0.05) is 31.4 Å². The van der Waals surface area contributed by atoms with Crippen LogP contribution in [0.3, 0.4) is 0 Å². The summed E-state index contributed by atoms with van der Waals surface area (Å²) in [6.45, 7) is 0. The maximum Gasteiger partial charge on any atom is 0.232 e. The van der Waals surface area contributed by atoms with Crippen molar-refractivity contribution in [3.63, 3.8) is 0 Å². The highest BCUT2D eigenvalue weighted by Gasteiger charge is 2.29. The maximum absolute atomic E-state index is 12.1. The SMILES string of the molecule is CS(=O)(=O)N(c1ccccc1N)C1CCCCC1. The van der Waals surface area contributed by atoms with E-state index in [4.69, 9.17) is 5.73 Å². The molecule has 0 amide bonds. The molecule has 0 aliphatic heterocycles. The third-order valence-corrected chi connectivity index (χ3v) is 4.65. The monoisotopic (exact) mass is 268 g/mol. The van der Waals surface area contributed by atoms with E-state index in [1.165, 1.54) is 17.0 Å². The molecule has 1 saturated carbocycles. The Hall–Kier alpha value is -1.23. The normalized spacial score (nSPS) is 17.6. The van der Waals surface area contributed by atoms with Crippen molar-refractivity contribution in [1.82, 2.24) is 0 Å². The number of rotatable bonds is 3. The smallest absolute Gasteiger partial charge is 0.232 e. The van der Waals surface area contributed by atoms with Gasteiger partial charge in [0.2, 0.25) is 10.0 Å². The Morgan fingerprint density at radius 3 is 2.33 bits per heavy atom. The number of nitrogens with two attached hydrogens (primary N) is 1. The molecule has 4 nitrogen and oxygen atoms in total. The van der Waals surface area contributed by atoms with Crippen LogP contribution in [0, 0.1) is 0 Å². The molecule has 0 spiro atoms. The quantitative estimate of drug-likeness (QED) is 0.856. The third kappa shape index (κ3) is 2.77. The first-order valence-electron chi connectivity index (χ1n) is 6.34. The molecule has 0 saturated heterocycles. The molecule has 0 atom stereocenters. The van der Waals surface area contributed by atoms with Crippen LogP contribution in [0.1, 0.15) is 32.1 Å². The van der Waals surface area contributed by atoms with Crippen molar-refractivity contribution in [3.05, 3.63) is 24.3 Å². The summed E-state index contributed by atoms with van der Waals surface area (Å²) in [5, 5.41) is 0. The molecule has 0 aromatic heterocycles. The number of nitrogen functional groups attached to an aromatic ring is 1. The fourth-order valence-electron chi connectivity index (χ4n) is 2.65. The molecule has 1 aliphatic carbocycles. The Bertz CT molecular complexity index is 507. The topological polar surface area (TPSA) is 63.4 Å². The summed E-state index contributed by atoms with van der Waals surface area (Å²) in [7, 11) is -3.29. The second kappa shape index (κ2) is 5.18. The van der Waals surface area contributed by atoms with Crippen LogP contribution in [-0.4, -0.2) is 20.7 Å². The molecule has 0 radical (unpaired) electrons. The maximum atomic E-state index is 12.1. The van der Waals surface area contributed by atoms with Crippen LogP contribution in [0.4, 0.5) is 11.4 Å². The average molecular weight is 268 g/mol. The van der Waals surface area contributed by atoms with Crippen LogP contribution in [0.15, 0.2) is 24.3 Å². The Labute approximate surface area is 109 Å². The van der Waals surface area contributed by atoms with Crippen LogP contribution in [-0.2, 0) is 10.0 Å². The molecule has 5 heteroatoms. The van der Waals surface area contributed by atoms with Crippen LogP contribution in [0.25, 0.3) is 0 Å². The van der Waals surface area contributed by atoms with Gasteiger partial charge in [0.05, 0.1) is 17.6 Å². The molecular formula is C13H20N2O2S. The van der Waals surface area contributed by atoms with Crippen molar-refractivity contribution in [3.8, 4) is 0 Å². The van der Waals surface area contributed by atoms with E-state index in [-0.39, 0.29) is 6.04 Å². The zero-order valence-corrected chi connectivity index (χ0v) is 11.5. The van der Waals surface area contributed by atoms with E-state index in [2.05, 4.69) is 0 Å². The fraction of sp³-hybridized carbons (Fsp3) is 0.538.